The van der Waals surface area contributed by atoms with Crippen molar-refractivity contribution >= 4 is 34.1 Å². The molecule has 0 saturated carbocycles. The van der Waals surface area contributed by atoms with Crippen LogP contribution in [0.5, 0.6) is 0 Å². The molecule has 0 unspecified atom stereocenters. The SMILES string of the molecule is Cc1cc(Cl)cc2c(=O)oc(-c3cc(Cn4nnc(C(F)(F)F)n4)nn3-c3ncccc3Cl)nc12. The second-order valence-electron chi connectivity index (χ2n) is 7.31. The first-order chi connectivity index (χ1) is 16.6. The van der Waals surface area contributed by atoms with Gasteiger partial charge in [0.25, 0.3) is 5.82 Å². The quantitative estimate of drug-likeness (QED) is 0.346. The number of tetrazole rings is 1. The Labute approximate surface area is 202 Å². The summed E-state index contributed by atoms with van der Waals surface area (Å²) in [6.07, 6.45) is -3.28. The standard InChI is InChI=1S/C20H11Cl2F3N8O2/c1-9-5-10(21)6-12-15(9)27-17(35-18(12)34)14-7-11(8-32-30-19(28-31-32)20(23,24)25)29-33(14)16-13(22)3-2-4-26-16/h2-7H,8H2,1H3. The first kappa shape index (κ1) is 22.9. The molecule has 0 atom stereocenters. The lowest BCUT2D eigenvalue weighted by atomic mass is 10.1. The number of fused-ring (bicyclic) bond motifs is 1. The van der Waals surface area contributed by atoms with Gasteiger partial charge >= 0.3 is 11.8 Å². The lowest BCUT2D eigenvalue weighted by Crippen LogP contribution is -2.10. The van der Waals surface area contributed by atoms with Gasteiger partial charge in [-0.1, -0.05) is 23.2 Å². The monoisotopic (exact) mass is 522 g/mol. The Morgan fingerprint density at radius 3 is 2.66 bits per heavy atom. The average molecular weight is 523 g/mol. The number of pyridine rings is 1. The molecule has 0 aliphatic rings. The highest BCUT2D eigenvalue weighted by Gasteiger charge is 2.36. The van der Waals surface area contributed by atoms with Crippen LogP contribution in [0.2, 0.25) is 10.0 Å². The number of nitrogens with zero attached hydrogens (tertiary/aromatic N) is 8. The zero-order valence-corrected chi connectivity index (χ0v) is 19.0. The van der Waals surface area contributed by atoms with Gasteiger partial charge in [-0.05, 0) is 48.0 Å². The van der Waals surface area contributed by atoms with Gasteiger partial charge in [-0.25, -0.2) is 19.4 Å². The molecule has 0 fully saturated rings. The fourth-order valence-corrected chi connectivity index (χ4v) is 3.81. The van der Waals surface area contributed by atoms with E-state index in [9.17, 15) is 18.0 Å². The van der Waals surface area contributed by atoms with Crippen LogP contribution in [0.15, 0.2) is 45.7 Å². The van der Waals surface area contributed by atoms with Crippen LogP contribution in [0.25, 0.3) is 28.3 Å². The van der Waals surface area contributed by atoms with E-state index in [1.807, 2.05) is 0 Å². The van der Waals surface area contributed by atoms with Gasteiger partial charge in [0.2, 0.25) is 5.89 Å². The van der Waals surface area contributed by atoms with Crippen LogP contribution in [-0.4, -0.2) is 40.0 Å². The number of hydrogen-bond donors (Lipinski definition) is 0. The summed E-state index contributed by atoms with van der Waals surface area (Å²) in [6.45, 7) is 1.46. The zero-order chi connectivity index (χ0) is 24.9. The van der Waals surface area contributed by atoms with Gasteiger partial charge in [-0.15, -0.1) is 10.2 Å². The molecule has 4 aromatic heterocycles. The second kappa shape index (κ2) is 8.43. The number of aromatic nitrogens is 8. The molecule has 0 aliphatic heterocycles. The third-order valence-electron chi connectivity index (χ3n) is 4.82. The van der Waals surface area contributed by atoms with Crippen LogP contribution in [-0.2, 0) is 12.7 Å². The first-order valence-electron chi connectivity index (χ1n) is 9.76. The van der Waals surface area contributed by atoms with Crippen molar-refractivity contribution in [3.05, 3.63) is 74.1 Å². The fraction of sp³-hybridized carbons (Fsp3) is 0.150. The highest BCUT2D eigenvalue weighted by molar-refractivity contribution is 6.32. The molecule has 178 valence electrons. The van der Waals surface area contributed by atoms with Gasteiger partial charge in [0.1, 0.15) is 12.2 Å². The lowest BCUT2D eigenvalue weighted by molar-refractivity contribution is -0.145. The van der Waals surface area contributed by atoms with Crippen molar-refractivity contribution in [1.82, 2.24) is 40.0 Å². The minimum atomic E-state index is -4.75. The number of alkyl halides is 3. The van der Waals surface area contributed by atoms with Gasteiger partial charge in [0.05, 0.1) is 21.6 Å². The molecular formula is C20H11Cl2F3N8O2. The maximum Gasteiger partial charge on any atom is 0.455 e. The van der Waals surface area contributed by atoms with E-state index < -0.39 is 17.6 Å². The van der Waals surface area contributed by atoms with Crippen molar-refractivity contribution < 1.29 is 17.6 Å². The fourth-order valence-electron chi connectivity index (χ4n) is 3.34. The number of rotatable bonds is 4. The number of aryl methyl sites for hydroxylation is 1. The molecule has 0 radical (unpaired) electrons. The number of hydrogen-bond acceptors (Lipinski definition) is 8. The normalized spacial score (nSPS) is 11.9. The summed E-state index contributed by atoms with van der Waals surface area (Å²) in [4.78, 5) is 22.1. The highest BCUT2D eigenvalue weighted by atomic mass is 35.5. The lowest BCUT2D eigenvalue weighted by Gasteiger charge is -2.08. The smallest absolute Gasteiger partial charge is 0.401 e. The summed E-state index contributed by atoms with van der Waals surface area (Å²) >= 11 is 12.3. The van der Waals surface area contributed by atoms with E-state index in [0.29, 0.717) is 16.1 Å². The van der Waals surface area contributed by atoms with Crippen LogP contribution in [0.3, 0.4) is 0 Å². The maximum absolute atomic E-state index is 12.8. The molecule has 35 heavy (non-hydrogen) atoms. The Bertz CT molecular complexity index is 1640. The predicted molar refractivity (Wildman–Crippen MR) is 117 cm³/mol. The topological polar surface area (TPSA) is 117 Å². The minimum Gasteiger partial charge on any atom is -0.401 e. The molecule has 10 nitrogen and oxygen atoms in total. The van der Waals surface area contributed by atoms with Crippen molar-refractivity contribution in [3.8, 4) is 17.4 Å². The Hall–Kier alpha value is -3.84. The van der Waals surface area contributed by atoms with E-state index >= 15 is 0 Å². The van der Waals surface area contributed by atoms with E-state index in [2.05, 4.69) is 30.5 Å². The van der Waals surface area contributed by atoms with Crippen molar-refractivity contribution in [2.45, 2.75) is 19.6 Å². The zero-order valence-electron chi connectivity index (χ0n) is 17.5. The van der Waals surface area contributed by atoms with Gasteiger partial charge in [0.15, 0.2) is 5.82 Å². The third-order valence-corrected chi connectivity index (χ3v) is 5.33. The maximum atomic E-state index is 12.8. The number of halogens is 5. The second-order valence-corrected chi connectivity index (χ2v) is 8.15. The summed E-state index contributed by atoms with van der Waals surface area (Å²) in [5.41, 5.74) is 0.672. The van der Waals surface area contributed by atoms with Gasteiger partial charge in [-0.3, -0.25) is 0 Å². The van der Waals surface area contributed by atoms with Gasteiger partial charge in [-0.2, -0.15) is 23.1 Å². The van der Waals surface area contributed by atoms with Gasteiger partial charge in [0, 0.05) is 11.2 Å². The Morgan fingerprint density at radius 1 is 1.14 bits per heavy atom. The van der Waals surface area contributed by atoms with Crippen molar-refractivity contribution in [1.29, 1.82) is 0 Å². The molecule has 15 heteroatoms. The van der Waals surface area contributed by atoms with Crippen molar-refractivity contribution in [2.24, 2.45) is 0 Å². The van der Waals surface area contributed by atoms with Crippen LogP contribution < -0.4 is 5.63 Å². The molecule has 4 heterocycles. The molecule has 1 aromatic carbocycles. The van der Waals surface area contributed by atoms with Crippen LogP contribution in [0, 0.1) is 6.92 Å². The van der Waals surface area contributed by atoms with E-state index in [1.165, 1.54) is 23.0 Å². The van der Waals surface area contributed by atoms with E-state index in [0.717, 1.165) is 4.80 Å². The molecule has 0 N–H and O–H groups in total. The first-order valence-corrected chi connectivity index (χ1v) is 10.5. The highest BCUT2D eigenvalue weighted by Crippen LogP contribution is 2.28. The van der Waals surface area contributed by atoms with Crippen LogP contribution in [0.1, 0.15) is 17.1 Å². The molecule has 0 amide bonds. The van der Waals surface area contributed by atoms with Crippen LogP contribution in [0.4, 0.5) is 13.2 Å². The summed E-state index contributed by atoms with van der Waals surface area (Å²) in [5.74, 6) is -1.33. The van der Waals surface area contributed by atoms with Gasteiger partial charge < -0.3 is 4.42 Å². The van der Waals surface area contributed by atoms with Crippen molar-refractivity contribution in [3.63, 3.8) is 0 Å². The molecule has 0 spiro atoms. The Morgan fingerprint density at radius 2 is 1.94 bits per heavy atom. The predicted octanol–water partition coefficient (Wildman–Crippen LogP) is 4.10. The van der Waals surface area contributed by atoms with Crippen molar-refractivity contribution in [2.75, 3.05) is 0 Å². The molecule has 5 rings (SSSR count). The third kappa shape index (κ3) is 4.35. The summed E-state index contributed by atoms with van der Waals surface area (Å²) in [7, 11) is 0. The summed E-state index contributed by atoms with van der Waals surface area (Å²) in [5, 5.41) is 14.9. The Balaban J connectivity index is 1.67. The molecular weight excluding hydrogens is 512 g/mol. The summed E-state index contributed by atoms with van der Waals surface area (Å²) < 4.78 is 45.2. The minimum absolute atomic E-state index is 0.115. The molecule has 0 bridgehead atoms. The number of benzene rings is 1. The molecule has 0 saturated heterocycles. The van der Waals surface area contributed by atoms with E-state index in [1.54, 1.807) is 25.1 Å². The average Bonchev–Trinajstić information content (AvgIpc) is 3.42. The molecule has 5 aromatic rings. The molecule has 0 aliphatic carbocycles. The van der Waals surface area contributed by atoms with E-state index in [4.69, 9.17) is 27.6 Å². The largest absolute Gasteiger partial charge is 0.455 e. The van der Waals surface area contributed by atoms with E-state index in [-0.39, 0.29) is 40.1 Å². The summed E-state index contributed by atoms with van der Waals surface area (Å²) in [6, 6.07) is 7.71. The van der Waals surface area contributed by atoms with Crippen LogP contribution >= 0.6 is 23.2 Å². The Kier molecular flexibility index (Phi) is 5.52.